The number of rotatable bonds is 6. The molecule has 0 aromatic heterocycles. The van der Waals surface area contributed by atoms with Crippen LogP contribution in [0.2, 0.25) is 10.0 Å². The molecule has 0 aliphatic rings. The Kier molecular flexibility index (Phi) is 6.42. The lowest BCUT2D eigenvalue weighted by Gasteiger charge is -2.14. The van der Waals surface area contributed by atoms with Gasteiger partial charge in [0.1, 0.15) is 0 Å². The number of halogens is 2. The van der Waals surface area contributed by atoms with Crippen LogP contribution in [-0.2, 0) is 21.4 Å². The second kappa shape index (κ2) is 8.16. The van der Waals surface area contributed by atoms with Gasteiger partial charge in [0.05, 0.1) is 12.0 Å². The van der Waals surface area contributed by atoms with Crippen LogP contribution < -0.4 is 5.32 Å². The molecule has 9 heteroatoms. The minimum absolute atomic E-state index is 0.0472. The molecule has 0 aliphatic heterocycles. The van der Waals surface area contributed by atoms with Crippen LogP contribution in [0.25, 0.3) is 0 Å². The Morgan fingerprint density at radius 1 is 1.20 bits per heavy atom. The van der Waals surface area contributed by atoms with Gasteiger partial charge in [-0.3, -0.25) is 9.63 Å². The number of hydroxylamine groups is 1. The first-order valence-corrected chi connectivity index (χ1v) is 9.30. The van der Waals surface area contributed by atoms with Crippen molar-refractivity contribution in [3.63, 3.8) is 0 Å². The van der Waals surface area contributed by atoms with Crippen LogP contribution in [0.3, 0.4) is 0 Å². The molecule has 0 saturated heterocycles. The standard InChI is InChI=1S/C16H16Cl2N2O4S/c1-20(24-2)25(22,23)14-5-3-4-11(8-14)16(21)19-10-12-6-7-13(17)9-15(12)18/h3-9H,10H2,1-2H3,(H,19,21). The molecule has 0 spiro atoms. The summed E-state index contributed by atoms with van der Waals surface area (Å²) in [5.41, 5.74) is 0.901. The van der Waals surface area contributed by atoms with E-state index in [4.69, 9.17) is 28.0 Å². The van der Waals surface area contributed by atoms with Crippen molar-refractivity contribution in [3.05, 3.63) is 63.6 Å². The first kappa shape index (κ1) is 19.7. The highest BCUT2D eigenvalue weighted by Gasteiger charge is 2.21. The van der Waals surface area contributed by atoms with Gasteiger partial charge in [0.25, 0.3) is 15.9 Å². The number of nitrogens with zero attached hydrogens (tertiary/aromatic N) is 1. The monoisotopic (exact) mass is 402 g/mol. The molecule has 6 nitrogen and oxygen atoms in total. The summed E-state index contributed by atoms with van der Waals surface area (Å²) >= 11 is 11.9. The zero-order chi connectivity index (χ0) is 18.6. The summed E-state index contributed by atoms with van der Waals surface area (Å²) in [7, 11) is -1.32. The van der Waals surface area contributed by atoms with Gasteiger partial charge in [-0.15, -0.1) is 0 Å². The van der Waals surface area contributed by atoms with E-state index in [0.29, 0.717) is 15.6 Å². The fourth-order valence-corrected chi connectivity index (χ4v) is 3.48. The normalized spacial score (nSPS) is 11.6. The van der Waals surface area contributed by atoms with Crippen LogP contribution in [0.5, 0.6) is 0 Å². The number of carbonyl (C=O) groups is 1. The van der Waals surface area contributed by atoms with Gasteiger partial charge >= 0.3 is 0 Å². The Morgan fingerprint density at radius 2 is 1.92 bits per heavy atom. The number of benzene rings is 2. The van der Waals surface area contributed by atoms with Gasteiger partial charge in [-0.1, -0.05) is 39.8 Å². The van der Waals surface area contributed by atoms with E-state index in [2.05, 4.69) is 5.32 Å². The Balaban J connectivity index is 2.16. The van der Waals surface area contributed by atoms with Crippen molar-refractivity contribution in [1.29, 1.82) is 0 Å². The van der Waals surface area contributed by atoms with E-state index in [0.717, 1.165) is 4.47 Å². The van der Waals surface area contributed by atoms with Gasteiger partial charge in [0.2, 0.25) is 0 Å². The molecule has 0 heterocycles. The molecule has 0 radical (unpaired) electrons. The number of amides is 1. The van der Waals surface area contributed by atoms with E-state index in [1.807, 2.05) is 0 Å². The molecule has 0 fully saturated rings. The average Bonchev–Trinajstić information content (AvgIpc) is 2.60. The minimum Gasteiger partial charge on any atom is -0.348 e. The molecule has 25 heavy (non-hydrogen) atoms. The van der Waals surface area contributed by atoms with Crippen LogP contribution in [0, 0.1) is 0 Å². The maximum absolute atomic E-state index is 12.3. The van der Waals surface area contributed by atoms with Gasteiger partial charge in [-0.2, -0.15) is 0 Å². The summed E-state index contributed by atoms with van der Waals surface area (Å²) in [5.74, 6) is -0.428. The van der Waals surface area contributed by atoms with Crippen molar-refractivity contribution < 1.29 is 18.0 Å². The molecule has 2 rings (SSSR count). The molecule has 1 N–H and O–H groups in total. The van der Waals surface area contributed by atoms with Crippen LogP contribution in [0.1, 0.15) is 15.9 Å². The van der Waals surface area contributed by atoms with Gasteiger partial charge in [0, 0.05) is 29.2 Å². The Hall–Kier alpha value is -1.64. The van der Waals surface area contributed by atoms with E-state index in [1.165, 1.54) is 38.4 Å². The van der Waals surface area contributed by atoms with Crippen molar-refractivity contribution in [3.8, 4) is 0 Å². The van der Waals surface area contributed by atoms with Crippen molar-refractivity contribution in [2.75, 3.05) is 14.2 Å². The average molecular weight is 403 g/mol. The fourth-order valence-electron chi connectivity index (χ4n) is 1.99. The third-order valence-electron chi connectivity index (χ3n) is 3.44. The van der Waals surface area contributed by atoms with Gasteiger partial charge in [-0.05, 0) is 35.9 Å². The predicted octanol–water partition coefficient (Wildman–Crippen LogP) is 3.11. The maximum Gasteiger partial charge on any atom is 0.264 e. The molecule has 0 atom stereocenters. The number of hydrogen-bond donors (Lipinski definition) is 1. The molecule has 2 aromatic rings. The Labute approximate surface area is 156 Å². The van der Waals surface area contributed by atoms with Crippen molar-refractivity contribution in [2.45, 2.75) is 11.4 Å². The Morgan fingerprint density at radius 3 is 2.56 bits per heavy atom. The first-order chi connectivity index (χ1) is 11.8. The van der Waals surface area contributed by atoms with Crippen LogP contribution >= 0.6 is 23.2 Å². The SMILES string of the molecule is CON(C)S(=O)(=O)c1cccc(C(=O)NCc2ccc(Cl)cc2Cl)c1. The number of hydrogen-bond acceptors (Lipinski definition) is 4. The summed E-state index contributed by atoms with van der Waals surface area (Å²) in [5, 5.41) is 3.63. The topological polar surface area (TPSA) is 75.7 Å². The Bertz CT molecular complexity index is 887. The highest BCUT2D eigenvalue weighted by Crippen LogP contribution is 2.21. The van der Waals surface area contributed by atoms with E-state index in [1.54, 1.807) is 18.2 Å². The summed E-state index contributed by atoms with van der Waals surface area (Å²) in [4.78, 5) is 17.0. The second-order valence-electron chi connectivity index (χ2n) is 5.04. The largest absolute Gasteiger partial charge is 0.348 e. The number of carbonyl (C=O) groups excluding carboxylic acids is 1. The molecule has 0 saturated carbocycles. The lowest BCUT2D eigenvalue weighted by molar-refractivity contribution is -0.0258. The molecular formula is C16H16Cl2N2O4S. The quantitative estimate of drug-likeness (QED) is 0.753. The smallest absolute Gasteiger partial charge is 0.264 e. The zero-order valence-electron chi connectivity index (χ0n) is 13.5. The van der Waals surface area contributed by atoms with Gasteiger partial charge in [0.15, 0.2) is 0 Å². The molecule has 2 aromatic carbocycles. The molecule has 0 unspecified atom stereocenters. The lowest BCUT2D eigenvalue weighted by Crippen LogP contribution is -2.27. The summed E-state index contributed by atoms with van der Waals surface area (Å²) in [6.45, 7) is 0.184. The maximum atomic E-state index is 12.3. The van der Waals surface area contributed by atoms with E-state index in [-0.39, 0.29) is 17.0 Å². The second-order valence-corrected chi connectivity index (χ2v) is 7.82. The lowest BCUT2D eigenvalue weighted by atomic mass is 10.2. The van der Waals surface area contributed by atoms with Crippen LogP contribution in [0.4, 0.5) is 0 Å². The molecular weight excluding hydrogens is 387 g/mol. The zero-order valence-corrected chi connectivity index (χ0v) is 15.8. The summed E-state index contributed by atoms with van der Waals surface area (Å²) in [6.07, 6.45) is 0. The van der Waals surface area contributed by atoms with E-state index >= 15 is 0 Å². The molecule has 1 amide bonds. The molecule has 0 bridgehead atoms. The minimum atomic E-state index is -3.83. The third-order valence-corrected chi connectivity index (χ3v) is 5.71. The van der Waals surface area contributed by atoms with Crippen molar-refractivity contribution in [1.82, 2.24) is 9.79 Å². The van der Waals surface area contributed by atoms with Crippen molar-refractivity contribution in [2.24, 2.45) is 0 Å². The number of nitrogens with one attached hydrogen (secondary N) is 1. The van der Waals surface area contributed by atoms with Gasteiger partial charge < -0.3 is 5.32 Å². The number of sulfonamides is 1. The predicted molar refractivity (Wildman–Crippen MR) is 96.0 cm³/mol. The summed E-state index contributed by atoms with van der Waals surface area (Å²) in [6, 6.07) is 10.6. The fraction of sp³-hybridized carbons (Fsp3) is 0.188. The van der Waals surface area contributed by atoms with E-state index < -0.39 is 15.9 Å². The van der Waals surface area contributed by atoms with E-state index in [9.17, 15) is 13.2 Å². The molecule has 134 valence electrons. The highest BCUT2D eigenvalue weighted by atomic mass is 35.5. The van der Waals surface area contributed by atoms with Crippen LogP contribution in [0.15, 0.2) is 47.4 Å². The highest BCUT2D eigenvalue weighted by molar-refractivity contribution is 7.89. The van der Waals surface area contributed by atoms with Crippen LogP contribution in [-0.4, -0.2) is 33.0 Å². The molecule has 0 aliphatic carbocycles. The van der Waals surface area contributed by atoms with Gasteiger partial charge in [-0.25, -0.2) is 8.42 Å². The third kappa shape index (κ3) is 4.71. The van der Waals surface area contributed by atoms with Crippen molar-refractivity contribution >= 4 is 39.1 Å². The first-order valence-electron chi connectivity index (χ1n) is 7.11. The summed E-state index contributed by atoms with van der Waals surface area (Å²) < 4.78 is 25.2.